The average molecular weight is 294 g/mol. The summed E-state index contributed by atoms with van der Waals surface area (Å²) in [5, 5.41) is 0. The zero-order valence-corrected chi connectivity index (χ0v) is 14.0. The molecule has 0 bridgehead atoms. The molecule has 0 atom stereocenters. The second-order valence-corrected chi connectivity index (χ2v) is 6.48. The van der Waals surface area contributed by atoms with Crippen LogP contribution in [0.1, 0.15) is 22.3 Å². The Morgan fingerprint density at radius 1 is 0.818 bits per heavy atom. The van der Waals surface area contributed by atoms with E-state index in [0.717, 1.165) is 32.7 Å². The summed E-state index contributed by atoms with van der Waals surface area (Å²) in [4.78, 5) is 5.08. The highest BCUT2D eigenvalue weighted by molar-refractivity contribution is 5.46. The van der Waals surface area contributed by atoms with Crippen molar-refractivity contribution >= 4 is 5.69 Å². The standard InChI is InChI=1S/C20H26N2/c1-16-13-17(2)20(18(3)14-16)15-21-9-11-22(12-10-21)19-7-5-4-6-8-19/h4-8,13-14H,9-12,15H2,1-3H3. The Morgan fingerprint density at radius 3 is 2.00 bits per heavy atom. The number of hydrogen-bond donors (Lipinski definition) is 0. The van der Waals surface area contributed by atoms with Gasteiger partial charge in [0.1, 0.15) is 0 Å². The van der Waals surface area contributed by atoms with Crippen molar-refractivity contribution in [1.29, 1.82) is 0 Å². The third kappa shape index (κ3) is 3.33. The van der Waals surface area contributed by atoms with Crippen LogP contribution in [0.2, 0.25) is 0 Å². The lowest BCUT2D eigenvalue weighted by atomic mass is 9.99. The molecule has 0 spiro atoms. The molecule has 1 heterocycles. The maximum absolute atomic E-state index is 2.59. The van der Waals surface area contributed by atoms with Crippen LogP contribution in [0.3, 0.4) is 0 Å². The summed E-state index contributed by atoms with van der Waals surface area (Å²) in [5.41, 5.74) is 7.10. The first-order valence-corrected chi connectivity index (χ1v) is 8.22. The summed E-state index contributed by atoms with van der Waals surface area (Å²) in [7, 11) is 0. The third-order valence-electron chi connectivity index (χ3n) is 4.72. The van der Waals surface area contributed by atoms with Crippen molar-refractivity contribution in [3.8, 4) is 0 Å². The molecule has 2 heteroatoms. The van der Waals surface area contributed by atoms with Gasteiger partial charge in [0.15, 0.2) is 0 Å². The molecule has 0 radical (unpaired) electrons. The number of aryl methyl sites for hydroxylation is 3. The predicted molar refractivity (Wildman–Crippen MR) is 94.6 cm³/mol. The van der Waals surface area contributed by atoms with Gasteiger partial charge in [0, 0.05) is 38.4 Å². The van der Waals surface area contributed by atoms with Crippen molar-refractivity contribution in [2.75, 3.05) is 31.1 Å². The van der Waals surface area contributed by atoms with E-state index in [1.807, 2.05) is 0 Å². The number of nitrogens with zero attached hydrogens (tertiary/aromatic N) is 2. The Hall–Kier alpha value is -1.80. The summed E-state index contributed by atoms with van der Waals surface area (Å²) in [5.74, 6) is 0. The number of benzene rings is 2. The van der Waals surface area contributed by atoms with Gasteiger partial charge in [-0.1, -0.05) is 35.9 Å². The van der Waals surface area contributed by atoms with Crippen molar-refractivity contribution in [2.24, 2.45) is 0 Å². The second kappa shape index (κ2) is 6.53. The quantitative estimate of drug-likeness (QED) is 0.846. The molecule has 0 saturated carbocycles. The van der Waals surface area contributed by atoms with Crippen LogP contribution in [0, 0.1) is 20.8 Å². The summed E-state index contributed by atoms with van der Waals surface area (Å²) in [6, 6.07) is 15.4. The molecule has 1 fully saturated rings. The van der Waals surface area contributed by atoms with Gasteiger partial charge in [-0.05, 0) is 49.6 Å². The van der Waals surface area contributed by atoms with Gasteiger partial charge in [-0.15, -0.1) is 0 Å². The van der Waals surface area contributed by atoms with Gasteiger partial charge in [0.05, 0.1) is 0 Å². The smallest absolute Gasteiger partial charge is 0.0367 e. The van der Waals surface area contributed by atoms with Crippen molar-refractivity contribution in [3.05, 3.63) is 64.7 Å². The van der Waals surface area contributed by atoms with E-state index in [9.17, 15) is 0 Å². The fourth-order valence-electron chi connectivity index (χ4n) is 3.49. The first-order chi connectivity index (χ1) is 10.6. The lowest BCUT2D eigenvalue weighted by Gasteiger charge is -2.36. The first kappa shape index (κ1) is 15.1. The van der Waals surface area contributed by atoms with Crippen LogP contribution >= 0.6 is 0 Å². The number of hydrogen-bond acceptors (Lipinski definition) is 2. The van der Waals surface area contributed by atoms with E-state index in [1.54, 1.807) is 0 Å². The summed E-state index contributed by atoms with van der Waals surface area (Å²) in [6.07, 6.45) is 0. The van der Waals surface area contributed by atoms with Gasteiger partial charge in [-0.2, -0.15) is 0 Å². The third-order valence-corrected chi connectivity index (χ3v) is 4.72. The minimum Gasteiger partial charge on any atom is -0.369 e. The normalized spacial score (nSPS) is 16.0. The molecule has 0 N–H and O–H groups in total. The SMILES string of the molecule is Cc1cc(C)c(CN2CCN(c3ccccc3)CC2)c(C)c1. The first-order valence-electron chi connectivity index (χ1n) is 8.22. The van der Waals surface area contributed by atoms with Gasteiger partial charge in [-0.25, -0.2) is 0 Å². The van der Waals surface area contributed by atoms with Crippen LogP contribution in [0.5, 0.6) is 0 Å². The summed E-state index contributed by atoms with van der Waals surface area (Å²) in [6.45, 7) is 12.3. The molecule has 0 amide bonds. The van der Waals surface area contributed by atoms with Gasteiger partial charge < -0.3 is 4.90 Å². The molecule has 22 heavy (non-hydrogen) atoms. The van der Waals surface area contributed by atoms with Crippen LogP contribution < -0.4 is 4.90 Å². The molecule has 1 aliphatic rings. The van der Waals surface area contributed by atoms with Gasteiger partial charge in [-0.3, -0.25) is 4.90 Å². The molecular weight excluding hydrogens is 268 g/mol. The Balaban J connectivity index is 1.63. The summed E-state index contributed by atoms with van der Waals surface area (Å²) < 4.78 is 0. The van der Waals surface area contributed by atoms with Crippen molar-refractivity contribution in [1.82, 2.24) is 4.90 Å². The molecular formula is C20H26N2. The zero-order valence-electron chi connectivity index (χ0n) is 14.0. The van der Waals surface area contributed by atoms with Crippen molar-refractivity contribution in [2.45, 2.75) is 27.3 Å². The average Bonchev–Trinajstić information content (AvgIpc) is 2.52. The molecule has 3 rings (SSSR count). The predicted octanol–water partition coefficient (Wildman–Crippen LogP) is 3.93. The van der Waals surface area contributed by atoms with Gasteiger partial charge in [0.25, 0.3) is 0 Å². The minimum atomic E-state index is 1.08. The highest BCUT2D eigenvalue weighted by Gasteiger charge is 2.18. The summed E-state index contributed by atoms with van der Waals surface area (Å²) >= 11 is 0. The fourth-order valence-corrected chi connectivity index (χ4v) is 3.49. The van der Waals surface area contributed by atoms with E-state index in [0.29, 0.717) is 0 Å². The maximum atomic E-state index is 2.59. The highest BCUT2D eigenvalue weighted by Crippen LogP contribution is 2.21. The number of rotatable bonds is 3. The van der Waals surface area contributed by atoms with Crippen LogP contribution in [-0.2, 0) is 6.54 Å². The topological polar surface area (TPSA) is 6.48 Å². The highest BCUT2D eigenvalue weighted by atomic mass is 15.3. The molecule has 2 nitrogen and oxygen atoms in total. The van der Waals surface area contributed by atoms with E-state index < -0.39 is 0 Å². The zero-order chi connectivity index (χ0) is 15.5. The van der Waals surface area contributed by atoms with Crippen molar-refractivity contribution < 1.29 is 0 Å². The molecule has 0 unspecified atom stereocenters. The largest absolute Gasteiger partial charge is 0.369 e. The number of piperazine rings is 1. The molecule has 0 aromatic heterocycles. The molecule has 0 aliphatic carbocycles. The van der Waals surface area contributed by atoms with Gasteiger partial charge in [0.2, 0.25) is 0 Å². The lowest BCUT2D eigenvalue weighted by molar-refractivity contribution is 0.249. The van der Waals surface area contributed by atoms with Crippen LogP contribution in [0.15, 0.2) is 42.5 Å². The van der Waals surface area contributed by atoms with Crippen LogP contribution in [0.4, 0.5) is 5.69 Å². The Morgan fingerprint density at radius 2 is 1.41 bits per heavy atom. The van der Waals surface area contributed by atoms with Crippen LogP contribution in [0.25, 0.3) is 0 Å². The minimum absolute atomic E-state index is 1.08. The molecule has 1 saturated heterocycles. The van der Waals surface area contributed by atoms with E-state index in [1.165, 1.54) is 27.9 Å². The molecule has 116 valence electrons. The van der Waals surface area contributed by atoms with Crippen LogP contribution in [-0.4, -0.2) is 31.1 Å². The molecule has 2 aromatic carbocycles. The van der Waals surface area contributed by atoms with E-state index in [-0.39, 0.29) is 0 Å². The number of anilines is 1. The Labute approximate surface area is 134 Å². The van der Waals surface area contributed by atoms with E-state index in [2.05, 4.69) is 73.0 Å². The lowest BCUT2D eigenvalue weighted by Crippen LogP contribution is -2.46. The van der Waals surface area contributed by atoms with E-state index in [4.69, 9.17) is 0 Å². The van der Waals surface area contributed by atoms with Gasteiger partial charge >= 0.3 is 0 Å². The van der Waals surface area contributed by atoms with Crippen molar-refractivity contribution in [3.63, 3.8) is 0 Å². The monoisotopic (exact) mass is 294 g/mol. The Kier molecular flexibility index (Phi) is 4.49. The fraction of sp³-hybridized carbons (Fsp3) is 0.400. The Bertz CT molecular complexity index is 602. The molecule has 1 aliphatic heterocycles. The maximum Gasteiger partial charge on any atom is 0.0367 e. The van der Waals surface area contributed by atoms with E-state index >= 15 is 0 Å². The second-order valence-electron chi connectivity index (χ2n) is 6.48. The molecule has 2 aromatic rings. The number of para-hydroxylation sites is 1.